The minimum atomic E-state index is -1.39. The molecule has 2 heterocycles. The molecule has 2 saturated heterocycles. The molecule has 0 aromatic heterocycles. The number of nitrogens with one attached hydrogen (secondary N) is 2. The molecule has 0 saturated carbocycles. The third kappa shape index (κ3) is 10.9. The number of benzene rings is 1. The molecule has 0 radical (unpaired) electrons. The molecule has 14 heteroatoms. The average molecular weight is 743 g/mol. The molecule has 1 aromatic carbocycles. The van der Waals surface area contributed by atoms with Crippen molar-refractivity contribution in [3.05, 3.63) is 29.8 Å². The Kier molecular flexibility index (Phi) is 15.3. The number of nitrogens with zero attached hydrogens (tertiary/aromatic N) is 4. The van der Waals surface area contributed by atoms with Crippen molar-refractivity contribution >= 4 is 35.4 Å². The van der Waals surface area contributed by atoms with Crippen LogP contribution in [0.2, 0.25) is 0 Å². The van der Waals surface area contributed by atoms with Gasteiger partial charge in [0.1, 0.15) is 42.0 Å². The van der Waals surface area contributed by atoms with Crippen LogP contribution < -0.4 is 10.6 Å². The first-order chi connectivity index (χ1) is 24.7. The van der Waals surface area contributed by atoms with Crippen LogP contribution in [0.3, 0.4) is 0 Å². The van der Waals surface area contributed by atoms with E-state index in [2.05, 4.69) is 10.6 Å². The lowest BCUT2D eigenvalue weighted by Gasteiger charge is -2.39. The first kappa shape index (κ1) is 43.2. The van der Waals surface area contributed by atoms with E-state index in [9.17, 15) is 39.0 Å². The van der Waals surface area contributed by atoms with Gasteiger partial charge < -0.3 is 40.4 Å². The minimum absolute atomic E-state index is 0.0389. The lowest BCUT2D eigenvalue weighted by molar-refractivity contribution is -0.153. The second kappa shape index (κ2) is 18.7. The highest BCUT2D eigenvalue weighted by Gasteiger charge is 2.44. The van der Waals surface area contributed by atoms with E-state index in [1.165, 1.54) is 54.9 Å². The molecule has 296 valence electrons. The molecule has 6 amide bonds. The number of hydrogen-bond donors (Lipinski definition) is 4. The van der Waals surface area contributed by atoms with E-state index in [1.807, 2.05) is 41.5 Å². The van der Waals surface area contributed by atoms with Crippen molar-refractivity contribution in [2.45, 2.75) is 129 Å². The maximum atomic E-state index is 14.4. The van der Waals surface area contributed by atoms with E-state index in [4.69, 9.17) is 0 Å². The fraction of sp³-hybridized carbons (Fsp3) is 0.692. The fourth-order valence-corrected chi connectivity index (χ4v) is 7.41. The Balaban J connectivity index is 2.22. The quantitative estimate of drug-likeness (QED) is 0.296. The van der Waals surface area contributed by atoms with Crippen LogP contribution in [0.25, 0.3) is 0 Å². The van der Waals surface area contributed by atoms with Crippen LogP contribution in [0.15, 0.2) is 24.3 Å². The van der Waals surface area contributed by atoms with Gasteiger partial charge in [-0.3, -0.25) is 28.8 Å². The maximum absolute atomic E-state index is 14.4. The summed E-state index contributed by atoms with van der Waals surface area (Å²) in [4.78, 5) is 91.0. The molecule has 2 aliphatic heterocycles. The van der Waals surface area contributed by atoms with Gasteiger partial charge in [-0.1, -0.05) is 53.7 Å². The zero-order chi connectivity index (χ0) is 39.9. The Morgan fingerprint density at radius 2 is 1.17 bits per heavy atom. The number of aliphatic hydroxyl groups is 1. The molecule has 53 heavy (non-hydrogen) atoms. The average Bonchev–Trinajstić information content (AvgIpc) is 3.57. The number of amides is 6. The first-order valence-corrected chi connectivity index (χ1v) is 18.9. The van der Waals surface area contributed by atoms with Crippen LogP contribution in [0.1, 0.15) is 86.1 Å². The lowest BCUT2D eigenvalue weighted by atomic mass is 9.96. The van der Waals surface area contributed by atoms with Crippen LogP contribution in [0, 0.1) is 17.8 Å². The molecule has 4 N–H and O–H groups in total. The van der Waals surface area contributed by atoms with Gasteiger partial charge in [0, 0.05) is 34.1 Å². The number of hydrogen-bond acceptors (Lipinski definition) is 8. The third-order valence-corrected chi connectivity index (χ3v) is 10.2. The van der Waals surface area contributed by atoms with Gasteiger partial charge in [-0.05, 0) is 74.5 Å². The highest BCUT2D eigenvalue weighted by atomic mass is 16.3. The Hall–Kier alpha value is -4.20. The smallest absolute Gasteiger partial charge is 0.246 e. The van der Waals surface area contributed by atoms with Crippen LogP contribution >= 0.6 is 0 Å². The van der Waals surface area contributed by atoms with Gasteiger partial charge in [0.15, 0.2) is 0 Å². The van der Waals surface area contributed by atoms with Gasteiger partial charge in [0.2, 0.25) is 35.4 Å². The Labute approximate surface area is 314 Å². The predicted molar refractivity (Wildman–Crippen MR) is 200 cm³/mol. The maximum Gasteiger partial charge on any atom is 0.246 e. The molecule has 0 spiro atoms. The van der Waals surface area contributed by atoms with Crippen LogP contribution in [0.4, 0.5) is 0 Å². The summed E-state index contributed by atoms with van der Waals surface area (Å²) in [5.41, 5.74) is 0.658. The van der Waals surface area contributed by atoms with E-state index in [-0.39, 0.29) is 55.7 Å². The molecule has 0 unspecified atom stereocenters. The van der Waals surface area contributed by atoms with E-state index in [0.717, 1.165) is 4.90 Å². The number of phenols is 1. The Morgan fingerprint density at radius 3 is 1.70 bits per heavy atom. The molecule has 2 aliphatic rings. The summed E-state index contributed by atoms with van der Waals surface area (Å²) in [5, 5.41) is 26.5. The van der Waals surface area contributed by atoms with Gasteiger partial charge in [-0.2, -0.15) is 0 Å². The standard InChI is InChI=1S/C39H62N6O8/c1-22(2)18-28-36(50)43(9)32(20-24(5)6)39(53)44(10)33(25(7)46)35(49)41-29(19-23(3)4)37(51)45-17-11-12-30(45)38(52)42(8)31(34(48)40-28)21-26-13-15-27(47)16-14-26/h13-16,22-25,28-33,46-47H,11-12,17-21H2,1-10H3,(H,40,48)(H,41,49)/t25-,28+,29+,30-,31+,32-,33+/m1/s1. The van der Waals surface area contributed by atoms with E-state index in [1.54, 1.807) is 12.1 Å². The molecule has 2 fully saturated rings. The third-order valence-electron chi connectivity index (χ3n) is 10.2. The lowest BCUT2D eigenvalue weighted by Crippen LogP contribution is -2.63. The Morgan fingerprint density at radius 1 is 0.660 bits per heavy atom. The molecule has 0 aliphatic carbocycles. The number of carbonyl (C=O) groups is 6. The molecule has 14 nitrogen and oxygen atoms in total. The normalized spacial score (nSPS) is 26.6. The summed E-state index contributed by atoms with van der Waals surface area (Å²) in [6.45, 7) is 13.1. The largest absolute Gasteiger partial charge is 0.508 e. The second-order valence-corrected chi connectivity index (χ2v) is 16.1. The van der Waals surface area contributed by atoms with Gasteiger partial charge in [0.05, 0.1) is 6.10 Å². The van der Waals surface area contributed by atoms with Crippen molar-refractivity contribution in [2.75, 3.05) is 27.7 Å². The highest BCUT2D eigenvalue weighted by molar-refractivity contribution is 5.98. The van der Waals surface area contributed by atoms with Crippen molar-refractivity contribution in [3.63, 3.8) is 0 Å². The number of aliphatic hydroxyl groups excluding tert-OH is 1. The van der Waals surface area contributed by atoms with E-state index >= 15 is 0 Å². The number of rotatable bonds is 9. The number of fused-ring (bicyclic) bond motifs is 1. The van der Waals surface area contributed by atoms with Crippen molar-refractivity contribution in [2.24, 2.45) is 17.8 Å². The Bertz CT molecular complexity index is 1460. The summed E-state index contributed by atoms with van der Waals surface area (Å²) in [6.07, 6.45) is 0.283. The van der Waals surface area contributed by atoms with Gasteiger partial charge >= 0.3 is 0 Å². The van der Waals surface area contributed by atoms with Gasteiger partial charge in [-0.15, -0.1) is 0 Å². The SMILES string of the molecule is CC(C)C[C@@H]1NC(=O)[C@H](Cc2ccc(O)cc2)N(C)C(=O)[C@H]2CCCN2C(=O)[C@H](CC(C)C)NC(=O)[C@H]([C@@H](C)O)N(C)C(=O)[C@@H](CC(C)C)N(C)C1=O. The molecule has 1 aromatic rings. The number of likely N-dealkylation sites (N-methyl/N-ethyl adjacent to an activating group) is 3. The summed E-state index contributed by atoms with van der Waals surface area (Å²) >= 11 is 0. The van der Waals surface area contributed by atoms with Crippen LogP contribution in [0.5, 0.6) is 5.75 Å². The van der Waals surface area contributed by atoms with Crippen molar-refractivity contribution in [3.8, 4) is 5.75 Å². The zero-order valence-electron chi connectivity index (χ0n) is 33.2. The molecular formula is C39H62N6O8. The fourth-order valence-electron chi connectivity index (χ4n) is 7.41. The summed E-state index contributed by atoms with van der Waals surface area (Å²) in [5.74, 6) is -3.43. The number of carbonyl (C=O) groups excluding carboxylic acids is 6. The number of aromatic hydroxyl groups is 1. The molecule has 7 atom stereocenters. The van der Waals surface area contributed by atoms with E-state index < -0.39 is 77.8 Å². The summed E-state index contributed by atoms with van der Waals surface area (Å²) < 4.78 is 0. The van der Waals surface area contributed by atoms with Crippen molar-refractivity contribution in [1.82, 2.24) is 30.2 Å². The minimum Gasteiger partial charge on any atom is -0.508 e. The second-order valence-electron chi connectivity index (χ2n) is 16.1. The summed E-state index contributed by atoms with van der Waals surface area (Å²) in [7, 11) is 4.40. The van der Waals surface area contributed by atoms with Crippen molar-refractivity contribution < 1.29 is 39.0 Å². The first-order valence-electron chi connectivity index (χ1n) is 18.9. The van der Waals surface area contributed by atoms with E-state index in [0.29, 0.717) is 18.4 Å². The van der Waals surface area contributed by atoms with Gasteiger partial charge in [0.25, 0.3) is 0 Å². The highest BCUT2D eigenvalue weighted by Crippen LogP contribution is 2.25. The topological polar surface area (TPSA) is 180 Å². The number of phenolic OH excluding ortho intramolecular Hbond substituents is 1. The monoisotopic (exact) mass is 742 g/mol. The molecule has 0 bridgehead atoms. The summed E-state index contributed by atoms with van der Waals surface area (Å²) in [6, 6.07) is -0.312. The van der Waals surface area contributed by atoms with Crippen LogP contribution in [-0.2, 0) is 35.2 Å². The molecular weight excluding hydrogens is 680 g/mol. The molecule has 3 rings (SSSR count). The van der Waals surface area contributed by atoms with Crippen molar-refractivity contribution in [1.29, 1.82) is 0 Å². The van der Waals surface area contributed by atoms with Crippen LogP contribution in [-0.4, -0.2) is 135 Å². The zero-order valence-corrected chi connectivity index (χ0v) is 33.2. The predicted octanol–water partition coefficient (Wildman–Crippen LogP) is 1.91. The van der Waals surface area contributed by atoms with Gasteiger partial charge in [-0.25, -0.2) is 0 Å².